The number of fused-ring (bicyclic) bond motifs is 1. The van der Waals surface area contributed by atoms with Gasteiger partial charge in [0.05, 0.1) is 56.1 Å². The zero-order valence-corrected chi connectivity index (χ0v) is 22.2. The number of quaternary nitrogens is 1. The van der Waals surface area contributed by atoms with E-state index in [1.807, 2.05) is 0 Å². The molecule has 2 saturated heterocycles. The summed E-state index contributed by atoms with van der Waals surface area (Å²) < 4.78 is 0.868. The van der Waals surface area contributed by atoms with Crippen LogP contribution >= 0.6 is 11.8 Å². The number of carboxylic acids is 1. The van der Waals surface area contributed by atoms with Crippen LogP contribution in [-0.2, 0) is 9.59 Å². The van der Waals surface area contributed by atoms with Gasteiger partial charge in [0.25, 0.3) is 0 Å². The van der Waals surface area contributed by atoms with Crippen LogP contribution in [0.3, 0.4) is 0 Å². The monoisotopic (exact) mass is 472 g/mol. The van der Waals surface area contributed by atoms with Gasteiger partial charge in [-0.25, -0.2) is 0 Å². The number of aliphatic carboxylic acids is 1. The number of β-lactam (4-membered cyclic amide) rings is 1. The maximum Gasteiger partial charge on any atom is 0.232 e. The number of aliphatic hydroxyl groups excluding tert-OH is 1. The minimum Gasteiger partial charge on any atom is -0.548 e. The fraction of sp³-hybridized carbons (Fsp3) is 0.920. The second-order valence-corrected chi connectivity index (χ2v) is 11.8. The molecule has 2 aliphatic rings. The standard InChI is InChI=1S/C16H36N.C9H13NO4S/c1-5-9-13-17(14-10-6-2,15-11-7-3)16-12-8-4;1-9(2)5(8(13)14)10-6(12)4(3-11)7(10)15-9/h5-16H2,1-4H3;4-5,7,11H,3H2,1-2H3,(H,13,14)/q+1;/p-1/t;4-,5+,7-/m.1/s1. The van der Waals surface area contributed by atoms with Gasteiger partial charge in [-0.2, -0.15) is 0 Å². The molecule has 2 heterocycles. The highest BCUT2D eigenvalue weighted by Crippen LogP contribution is 2.52. The molecule has 6 nitrogen and oxygen atoms in total. The van der Waals surface area contributed by atoms with Crippen LogP contribution in [0, 0.1) is 5.92 Å². The topological polar surface area (TPSA) is 80.7 Å². The van der Waals surface area contributed by atoms with Crippen LogP contribution in [0.25, 0.3) is 0 Å². The number of hydrogen-bond acceptors (Lipinski definition) is 5. The SMILES string of the molecule is CC1(C)S[C@@H]2[C@H](CO)C(=O)N2[C@H]1C(=O)[O-].CCCC[N+](CCCC)(CCCC)CCCC. The van der Waals surface area contributed by atoms with Gasteiger partial charge < -0.3 is 24.4 Å². The molecule has 0 aromatic carbocycles. The number of carbonyl (C=O) groups excluding carboxylic acids is 2. The molecule has 1 amide bonds. The van der Waals surface area contributed by atoms with Gasteiger partial charge in [-0.15, -0.1) is 11.8 Å². The molecule has 32 heavy (non-hydrogen) atoms. The first-order valence-corrected chi connectivity index (χ1v) is 13.7. The summed E-state index contributed by atoms with van der Waals surface area (Å²) in [6, 6.07) is -0.886. The van der Waals surface area contributed by atoms with Crippen molar-refractivity contribution >= 4 is 23.6 Å². The maximum absolute atomic E-state index is 11.5. The molecule has 188 valence electrons. The molecule has 2 aliphatic heterocycles. The first-order valence-electron chi connectivity index (χ1n) is 12.8. The second-order valence-electron chi connectivity index (χ2n) is 10.0. The summed E-state index contributed by atoms with van der Waals surface area (Å²) >= 11 is 1.41. The Labute approximate surface area is 200 Å². The lowest BCUT2D eigenvalue weighted by Gasteiger charge is -2.44. The van der Waals surface area contributed by atoms with Gasteiger partial charge in [-0.1, -0.05) is 53.4 Å². The molecule has 7 heteroatoms. The summed E-state index contributed by atoms with van der Waals surface area (Å²) in [5, 5.41) is 19.7. The van der Waals surface area contributed by atoms with Crippen molar-refractivity contribution < 1.29 is 24.3 Å². The second kappa shape index (κ2) is 13.8. The van der Waals surface area contributed by atoms with Crippen molar-refractivity contribution in [3.63, 3.8) is 0 Å². The van der Waals surface area contributed by atoms with Crippen LogP contribution < -0.4 is 5.11 Å². The predicted molar refractivity (Wildman–Crippen MR) is 131 cm³/mol. The van der Waals surface area contributed by atoms with Crippen molar-refractivity contribution in [1.29, 1.82) is 0 Å². The molecule has 0 aromatic rings. The molecule has 0 saturated carbocycles. The van der Waals surface area contributed by atoms with E-state index in [1.165, 1.54) is 98.7 Å². The smallest absolute Gasteiger partial charge is 0.232 e. The van der Waals surface area contributed by atoms with E-state index >= 15 is 0 Å². The highest BCUT2D eigenvalue weighted by Gasteiger charge is 2.61. The van der Waals surface area contributed by atoms with E-state index in [-0.39, 0.29) is 17.9 Å². The molecule has 0 aliphatic carbocycles. The molecule has 0 radical (unpaired) electrons. The number of carboxylic acid groups (broad SMARTS) is 1. The van der Waals surface area contributed by atoms with Crippen LogP contribution in [0.5, 0.6) is 0 Å². The van der Waals surface area contributed by atoms with Gasteiger partial charge in [0.2, 0.25) is 5.91 Å². The third-order valence-electron chi connectivity index (χ3n) is 6.92. The fourth-order valence-corrected chi connectivity index (χ4v) is 6.55. The summed E-state index contributed by atoms with van der Waals surface area (Å²) in [7, 11) is 0. The van der Waals surface area contributed by atoms with E-state index in [0.717, 1.165) is 0 Å². The zero-order valence-electron chi connectivity index (χ0n) is 21.4. The quantitative estimate of drug-likeness (QED) is 0.309. The van der Waals surface area contributed by atoms with Gasteiger partial charge in [0.15, 0.2) is 0 Å². The number of unbranched alkanes of at least 4 members (excludes halogenated alkanes) is 4. The number of amides is 1. The molecule has 2 rings (SSSR count). The molecular formula is C25H48N2O4S. The summed E-state index contributed by atoms with van der Waals surface area (Å²) in [4.78, 5) is 23.8. The molecule has 0 unspecified atom stereocenters. The molecular weight excluding hydrogens is 424 g/mol. The summed E-state index contributed by atoms with van der Waals surface area (Å²) in [5.74, 6) is -1.95. The first kappa shape index (κ1) is 29.2. The largest absolute Gasteiger partial charge is 0.548 e. The Balaban J connectivity index is 0.000000321. The fourth-order valence-electron chi connectivity index (χ4n) is 4.88. The van der Waals surface area contributed by atoms with E-state index in [2.05, 4.69) is 27.7 Å². The van der Waals surface area contributed by atoms with Crippen molar-refractivity contribution in [3.8, 4) is 0 Å². The highest BCUT2D eigenvalue weighted by atomic mass is 32.2. The van der Waals surface area contributed by atoms with E-state index < -0.39 is 22.7 Å². The minimum atomic E-state index is -1.22. The van der Waals surface area contributed by atoms with Gasteiger partial charge in [-0.05, 0) is 39.5 Å². The lowest BCUT2D eigenvalue weighted by Crippen LogP contribution is -2.65. The summed E-state index contributed by atoms with van der Waals surface area (Å²) in [6.07, 6.45) is 11.1. The Morgan fingerprint density at radius 3 is 1.69 bits per heavy atom. The molecule has 1 N–H and O–H groups in total. The number of thioether (sulfide) groups is 1. The lowest BCUT2D eigenvalue weighted by atomic mass is 9.92. The molecule has 0 bridgehead atoms. The van der Waals surface area contributed by atoms with Crippen molar-refractivity contribution in [3.05, 3.63) is 0 Å². The Morgan fingerprint density at radius 2 is 1.38 bits per heavy atom. The van der Waals surface area contributed by atoms with Crippen LogP contribution in [-0.4, -0.2) is 75.3 Å². The van der Waals surface area contributed by atoms with Gasteiger partial charge in [0.1, 0.15) is 0 Å². The van der Waals surface area contributed by atoms with Crippen LogP contribution in [0.4, 0.5) is 0 Å². The number of rotatable bonds is 14. The summed E-state index contributed by atoms with van der Waals surface area (Å²) in [6.45, 7) is 18.4. The van der Waals surface area contributed by atoms with Gasteiger partial charge >= 0.3 is 0 Å². The predicted octanol–water partition coefficient (Wildman–Crippen LogP) is 3.41. The van der Waals surface area contributed by atoms with Crippen molar-refractivity contribution in [2.24, 2.45) is 5.92 Å². The highest BCUT2D eigenvalue weighted by molar-refractivity contribution is 8.01. The third-order valence-corrected chi connectivity index (χ3v) is 8.54. The van der Waals surface area contributed by atoms with Crippen LogP contribution in [0.1, 0.15) is 92.9 Å². The van der Waals surface area contributed by atoms with Gasteiger partial charge in [-0.3, -0.25) is 4.79 Å². The number of carbonyl (C=O) groups is 2. The van der Waals surface area contributed by atoms with Crippen molar-refractivity contribution in [2.45, 2.75) is 109 Å². The molecule has 0 aromatic heterocycles. The third kappa shape index (κ3) is 7.36. The molecule has 2 fully saturated rings. The van der Waals surface area contributed by atoms with E-state index in [0.29, 0.717) is 0 Å². The van der Waals surface area contributed by atoms with E-state index in [9.17, 15) is 14.7 Å². The minimum absolute atomic E-state index is 0.208. The van der Waals surface area contributed by atoms with Crippen LogP contribution in [0.15, 0.2) is 0 Å². The Morgan fingerprint density at radius 1 is 0.969 bits per heavy atom. The maximum atomic E-state index is 11.5. The average Bonchev–Trinajstić information content (AvgIpc) is 3.01. The first-order chi connectivity index (χ1) is 15.1. The number of hydrogen-bond donors (Lipinski definition) is 1. The van der Waals surface area contributed by atoms with E-state index in [4.69, 9.17) is 5.11 Å². The number of nitrogens with zero attached hydrogens (tertiary/aromatic N) is 2. The summed E-state index contributed by atoms with van der Waals surface area (Å²) in [5.41, 5.74) is 0. The van der Waals surface area contributed by atoms with Crippen molar-refractivity contribution in [1.82, 2.24) is 4.90 Å². The zero-order chi connectivity index (χ0) is 24.4. The van der Waals surface area contributed by atoms with Crippen LogP contribution in [0.2, 0.25) is 0 Å². The Hall–Kier alpha value is -0.790. The molecule has 3 atom stereocenters. The van der Waals surface area contributed by atoms with E-state index in [1.54, 1.807) is 13.8 Å². The lowest BCUT2D eigenvalue weighted by molar-refractivity contribution is -0.929. The Bertz CT molecular complexity index is 547. The normalized spacial score (nSPS) is 23.9. The number of aliphatic hydroxyl groups is 1. The van der Waals surface area contributed by atoms with Crippen molar-refractivity contribution in [2.75, 3.05) is 32.8 Å². The van der Waals surface area contributed by atoms with Gasteiger partial charge in [0, 0.05) is 4.75 Å². The average molecular weight is 473 g/mol. The molecule has 0 spiro atoms. The Kier molecular flexibility index (Phi) is 12.6.